The van der Waals surface area contributed by atoms with E-state index in [1.54, 1.807) is 7.11 Å². The summed E-state index contributed by atoms with van der Waals surface area (Å²) in [4.78, 5) is 14.9. The van der Waals surface area contributed by atoms with E-state index in [4.69, 9.17) is 14.2 Å². The number of hydrogen-bond donors (Lipinski definition) is 1. The predicted octanol–water partition coefficient (Wildman–Crippen LogP) is 3.46. The Hall–Kier alpha value is -2.73. The van der Waals surface area contributed by atoms with Crippen molar-refractivity contribution in [1.82, 2.24) is 4.90 Å². The molecule has 1 N–H and O–H groups in total. The van der Waals surface area contributed by atoms with Gasteiger partial charge in [0.1, 0.15) is 5.75 Å². The van der Waals surface area contributed by atoms with Crippen LogP contribution >= 0.6 is 0 Å². The molecule has 1 amide bonds. The maximum Gasteiger partial charge on any atom is 0.238 e. The Bertz CT molecular complexity index is 835. The van der Waals surface area contributed by atoms with Crippen LogP contribution in [0.15, 0.2) is 42.5 Å². The summed E-state index contributed by atoms with van der Waals surface area (Å²) in [6, 6.07) is 14.0. The molecule has 0 atom stereocenters. The van der Waals surface area contributed by atoms with Gasteiger partial charge in [-0.05, 0) is 31.0 Å². The summed E-state index contributed by atoms with van der Waals surface area (Å²) in [5.41, 5.74) is 1.82. The molecule has 4 rings (SSSR count). The summed E-state index contributed by atoms with van der Waals surface area (Å²) in [7, 11) is 1.68. The standard InChI is InChI=1S/C22H26N2O4/c1-26-19-6-3-2-5-16(19)14-24(18-8-9-18)15-22(25)23-17-7-10-20-21(13-17)28-12-4-11-27-20/h2-3,5-7,10,13,18H,4,8-9,11-12,14-15H2,1H3,(H,23,25). The van der Waals surface area contributed by atoms with Gasteiger partial charge in [-0.1, -0.05) is 18.2 Å². The Kier molecular flexibility index (Phi) is 5.67. The highest BCUT2D eigenvalue weighted by Gasteiger charge is 2.31. The number of rotatable bonds is 7. The van der Waals surface area contributed by atoms with E-state index in [0.717, 1.165) is 42.0 Å². The molecule has 0 saturated heterocycles. The maximum atomic E-state index is 12.7. The monoisotopic (exact) mass is 382 g/mol. The Morgan fingerprint density at radius 3 is 2.71 bits per heavy atom. The van der Waals surface area contributed by atoms with Gasteiger partial charge in [-0.3, -0.25) is 9.69 Å². The lowest BCUT2D eigenvalue weighted by molar-refractivity contribution is -0.117. The fraction of sp³-hybridized carbons (Fsp3) is 0.409. The summed E-state index contributed by atoms with van der Waals surface area (Å²) in [5, 5.41) is 2.99. The number of benzene rings is 2. The van der Waals surface area contributed by atoms with E-state index in [0.29, 0.717) is 38.1 Å². The summed E-state index contributed by atoms with van der Waals surface area (Å²) < 4.78 is 16.8. The van der Waals surface area contributed by atoms with Gasteiger partial charge >= 0.3 is 0 Å². The minimum absolute atomic E-state index is 0.0312. The van der Waals surface area contributed by atoms with Crippen molar-refractivity contribution >= 4 is 11.6 Å². The van der Waals surface area contributed by atoms with E-state index < -0.39 is 0 Å². The van der Waals surface area contributed by atoms with Crippen LogP contribution in [0.3, 0.4) is 0 Å². The van der Waals surface area contributed by atoms with Crippen molar-refractivity contribution < 1.29 is 19.0 Å². The second kappa shape index (κ2) is 8.52. The molecule has 2 aromatic rings. The number of fused-ring (bicyclic) bond motifs is 1. The number of amides is 1. The molecule has 0 bridgehead atoms. The van der Waals surface area contributed by atoms with Crippen LogP contribution in [-0.4, -0.2) is 43.7 Å². The molecule has 0 spiro atoms. The van der Waals surface area contributed by atoms with Crippen molar-refractivity contribution in [3.63, 3.8) is 0 Å². The summed E-state index contributed by atoms with van der Waals surface area (Å²) in [5.74, 6) is 2.24. The van der Waals surface area contributed by atoms with Crippen molar-refractivity contribution in [3.8, 4) is 17.2 Å². The molecule has 6 nitrogen and oxygen atoms in total. The van der Waals surface area contributed by atoms with Crippen LogP contribution in [0.4, 0.5) is 5.69 Å². The summed E-state index contributed by atoms with van der Waals surface area (Å²) in [6.07, 6.45) is 3.12. The minimum Gasteiger partial charge on any atom is -0.496 e. The van der Waals surface area contributed by atoms with E-state index in [9.17, 15) is 4.79 Å². The minimum atomic E-state index is -0.0312. The third-order valence-corrected chi connectivity index (χ3v) is 5.01. The molecule has 1 aliphatic heterocycles. The number of anilines is 1. The van der Waals surface area contributed by atoms with Gasteiger partial charge in [-0.15, -0.1) is 0 Å². The first kappa shape index (κ1) is 18.6. The van der Waals surface area contributed by atoms with E-state index in [1.807, 2.05) is 36.4 Å². The second-order valence-corrected chi connectivity index (χ2v) is 7.21. The molecule has 6 heteroatoms. The quantitative estimate of drug-likeness (QED) is 0.795. The average Bonchev–Trinajstić information content (AvgIpc) is 3.55. The first-order valence-corrected chi connectivity index (χ1v) is 9.78. The number of nitrogens with zero attached hydrogens (tertiary/aromatic N) is 1. The average molecular weight is 382 g/mol. The number of nitrogens with one attached hydrogen (secondary N) is 1. The van der Waals surface area contributed by atoms with E-state index in [-0.39, 0.29) is 5.91 Å². The molecule has 1 heterocycles. The smallest absolute Gasteiger partial charge is 0.238 e. The van der Waals surface area contributed by atoms with E-state index in [2.05, 4.69) is 16.3 Å². The highest BCUT2D eigenvalue weighted by molar-refractivity contribution is 5.92. The Balaban J connectivity index is 1.41. The molecule has 1 aliphatic carbocycles. The molecule has 2 aliphatic rings. The van der Waals surface area contributed by atoms with Crippen molar-refractivity contribution in [1.29, 1.82) is 0 Å². The van der Waals surface area contributed by atoms with E-state index >= 15 is 0 Å². The Morgan fingerprint density at radius 2 is 1.93 bits per heavy atom. The molecule has 2 aromatic carbocycles. The van der Waals surface area contributed by atoms with Gasteiger partial charge in [0.15, 0.2) is 11.5 Å². The van der Waals surface area contributed by atoms with Crippen molar-refractivity contribution in [2.24, 2.45) is 0 Å². The molecule has 148 valence electrons. The highest BCUT2D eigenvalue weighted by Crippen LogP contribution is 2.33. The molecule has 0 unspecified atom stereocenters. The number of carbonyl (C=O) groups is 1. The normalized spacial score (nSPS) is 15.8. The third kappa shape index (κ3) is 4.57. The number of methoxy groups -OCH3 is 1. The Morgan fingerprint density at radius 1 is 1.14 bits per heavy atom. The lowest BCUT2D eigenvalue weighted by Gasteiger charge is -2.22. The van der Waals surface area contributed by atoms with Gasteiger partial charge in [0.05, 0.1) is 26.9 Å². The lowest BCUT2D eigenvalue weighted by Crippen LogP contribution is -2.34. The second-order valence-electron chi connectivity index (χ2n) is 7.21. The molecule has 1 saturated carbocycles. The van der Waals surface area contributed by atoms with Crippen molar-refractivity contribution in [2.45, 2.75) is 31.8 Å². The largest absolute Gasteiger partial charge is 0.496 e. The van der Waals surface area contributed by atoms with Crippen LogP contribution in [0.5, 0.6) is 17.2 Å². The number of carbonyl (C=O) groups excluding carboxylic acids is 1. The van der Waals surface area contributed by atoms with Crippen LogP contribution in [0.25, 0.3) is 0 Å². The van der Waals surface area contributed by atoms with Crippen LogP contribution in [0.1, 0.15) is 24.8 Å². The van der Waals surface area contributed by atoms with Gasteiger partial charge in [-0.25, -0.2) is 0 Å². The predicted molar refractivity (Wildman–Crippen MR) is 107 cm³/mol. The number of para-hydroxylation sites is 1. The van der Waals surface area contributed by atoms with Gasteiger partial charge in [0.2, 0.25) is 5.91 Å². The Labute approximate surface area is 165 Å². The van der Waals surface area contributed by atoms with Crippen LogP contribution in [-0.2, 0) is 11.3 Å². The summed E-state index contributed by atoms with van der Waals surface area (Å²) >= 11 is 0. The molecular formula is C22H26N2O4. The van der Waals surface area contributed by atoms with E-state index in [1.165, 1.54) is 0 Å². The van der Waals surface area contributed by atoms with Gasteiger partial charge in [-0.2, -0.15) is 0 Å². The lowest BCUT2D eigenvalue weighted by atomic mass is 10.2. The molecule has 1 fully saturated rings. The first-order chi connectivity index (χ1) is 13.7. The molecule has 28 heavy (non-hydrogen) atoms. The molecule has 0 radical (unpaired) electrons. The highest BCUT2D eigenvalue weighted by atomic mass is 16.5. The van der Waals surface area contributed by atoms with Crippen LogP contribution < -0.4 is 19.5 Å². The van der Waals surface area contributed by atoms with Gasteiger partial charge in [0, 0.05) is 36.3 Å². The van der Waals surface area contributed by atoms with Crippen molar-refractivity contribution in [2.75, 3.05) is 32.2 Å². The topological polar surface area (TPSA) is 60.0 Å². The zero-order valence-electron chi connectivity index (χ0n) is 16.1. The molecule has 0 aromatic heterocycles. The maximum absolute atomic E-state index is 12.7. The van der Waals surface area contributed by atoms with Gasteiger partial charge in [0.25, 0.3) is 0 Å². The van der Waals surface area contributed by atoms with Crippen molar-refractivity contribution in [3.05, 3.63) is 48.0 Å². The SMILES string of the molecule is COc1ccccc1CN(CC(=O)Nc1ccc2c(c1)OCCCO2)C1CC1. The fourth-order valence-electron chi connectivity index (χ4n) is 3.43. The first-order valence-electron chi connectivity index (χ1n) is 9.78. The van der Waals surface area contributed by atoms with Crippen LogP contribution in [0, 0.1) is 0 Å². The zero-order chi connectivity index (χ0) is 19.3. The number of ether oxygens (including phenoxy) is 3. The third-order valence-electron chi connectivity index (χ3n) is 5.01. The van der Waals surface area contributed by atoms with Crippen LogP contribution in [0.2, 0.25) is 0 Å². The summed E-state index contributed by atoms with van der Waals surface area (Å²) in [6.45, 7) is 2.32. The number of hydrogen-bond acceptors (Lipinski definition) is 5. The van der Waals surface area contributed by atoms with Gasteiger partial charge < -0.3 is 19.5 Å². The fourth-order valence-corrected chi connectivity index (χ4v) is 3.43. The molecular weight excluding hydrogens is 356 g/mol. The zero-order valence-corrected chi connectivity index (χ0v) is 16.1.